The number of rotatable bonds is 3. The molecule has 1 aliphatic rings. The number of likely N-dealkylation sites (tertiary alicyclic amines) is 1. The van der Waals surface area contributed by atoms with Gasteiger partial charge in [-0.15, -0.1) is 0 Å². The summed E-state index contributed by atoms with van der Waals surface area (Å²) in [6, 6.07) is 13.4. The molecule has 0 aliphatic carbocycles. The second kappa shape index (κ2) is 6.93. The van der Waals surface area contributed by atoms with Gasteiger partial charge in [0.05, 0.1) is 18.2 Å². The molecule has 4 rings (SSSR count). The predicted octanol–water partition coefficient (Wildman–Crippen LogP) is 3.31. The molecular formula is C19H20N4O2. The molecule has 2 aromatic heterocycles. The van der Waals surface area contributed by atoms with Crippen molar-refractivity contribution in [3.05, 3.63) is 60.2 Å². The molecule has 6 nitrogen and oxygen atoms in total. The van der Waals surface area contributed by atoms with Crippen molar-refractivity contribution in [2.45, 2.75) is 25.3 Å². The number of oxazole rings is 1. The molecule has 2 amide bonds. The molecule has 6 heteroatoms. The Morgan fingerprint density at radius 1 is 1.24 bits per heavy atom. The molecule has 3 aromatic rings. The Kier molecular flexibility index (Phi) is 4.33. The normalized spacial score (nSPS) is 17.6. The van der Waals surface area contributed by atoms with Crippen molar-refractivity contribution < 1.29 is 9.21 Å². The Labute approximate surface area is 145 Å². The van der Waals surface area contributed by atoms with Gasteiger partial charge in [-0.25, -0.2) is 9.78 Å². The number of fused-ring (bicyclic) bond motifs is 1. The molecule has 1 saturated heterocycles. The molecule has 1 unspecified atom stereocenters. The second-order valence-electron chi connectivity index (χ2n) is 6.28. The first kappa shape index (κ1) is 15.6. The fraction of sp³-hybridized carbons (Fsp3) is 0.316. The summed E-state index contributed by atoms with van der Waals surface area (Å²) < 4.78 is 5.89. The molecule has 1 atom stereocenters. The monoisotopic (exact) mass is 336 g/mol. The van der Waals surface area contributed by atoms with Gasteiger partial charge in [-0.1, -0.05) is 18.2 Å². The second-order valence-corrected chi connectivity index (χ2v) is 6.28. The van der Waals surface area contributed by atoms with E-state index in [0.717, 1.165) is 42.1 Å². The molecule has 1 aromatic carbocycles. The number of hydrogen-bond donors (Lipinski definition) is 1. The van der Waals surface area contributed by atoms with Crippen molar-refractivity contribution in [1.82, 2.24) is 20.2 Å². The summed E-state index contributed by atoms with van der Waals surface area (Å²) in [7, 11) is 0. The number of benzene rings is 1. The highest BCUT2D eigenvalue weighted by Crippen LogP contribution is 2.28. The van der Waals surface area contributed by atoms with Crippen molar-refractivity contribution in [1.29, 1.82) is 0 Å². The highest BCUT2D eigenvalue weighted by molar-refractivity contribution is 5.74. The smallest absolute Gasteiger partial charge is 0.317 e. The lowest BCUT2D eigenvalue weighted by Crippen LogP contribution is -2.44. The minimum absolute atomic E-state index is 0.0635. The maximum atomic E-state index is 12.5. The van der Waals surface area contributed by atoms with Crippen LogP contribution in [0.15, 0.2) is 53.1 Å². The molecule has 3 heterocycles. The van der Waals surface area contributed by atoms with E-state index in [1.54, 1.807) is 6.20 Å². The number of hydrogen-bond acceptors (Lipinski definition) is 4. The zero-order valence-corrected chi connectivity index (χ0v) is 13.9. The first-order chi connectivity index (χ1) is 12.3. The topological polar surface area (TPSA) is 71.3 Å². The Morgan fingerprint density at radius 2 is 2.12 bits per heavy atom. The van der Waals surface area contributed by atoms with E-state index in [2.05, 4.69) is 15.3 Å². The fourth-order valence-electron chi connectivity index (χ4n) is 3.21. The summed E-state index contributed by atoms with van der Waals surface area (Å²) in [5.74, 6) is 0.866. The number of nitrogens with one attached hydrogen (secondary N) is 1. The van der Waals surface area contributed by atoms with E-state index in [4.69, 9.17) is 4.42 Å². The number of urea groups is 1. The lowest BCUT2D eigenvalue weighted by Gasteiger charge is -2.31. The van der Waals surface area contributed by atoms with Crippen molar-refractivity contribution in [2.75, 3.05) is 13.1 Å². The summed E-state index contributed by atoms with van der Waals surface area (Å²) in [5, 5.41) is 2.94. The summed E-state index contributed by atoms with van der Waals surface area (Å²) in [6.07, 6.45) is 3.66. The molecular weight excluding hydrogens is 316 g/mol. The van der Waals surface area contributed by atoms with E-state index in [-0.39, 0.29) is 11.9 Å². The van der Waals surface area contributed by atoms with Crippen LogP contribution in [0.3, 0.4) is 0 Å². The molecule has 0 bridgehead atoms. The van der Waals surface area contributed by atoms with Crippen LogP contribution >= 0.6 is 0 Å². The van der Waals surface area contributed by atoms with Gasteiger partial charge in [0.25, 0.3) is 0 Å². The van der Waals surface area contributed by atoms with E-state index in [1.165, 1.54) is 0 Å². The number of amides is 2. The zero-order chi connectivity index (χ0) is 17.1. The number of carbonyl (C=O) groups excluding carboxylic acids is 1. The van der Waals surface area contributed by atoms with Crippen LogP contribution in [0.1, 0.15) is 30.3 Å². The molecule has 1 fully saturated rings. The van der Waals surface area contributed by atoms with Crippen LogP contribution in [0, 0.1) is 0 Å². The lowest BCUT2D eigenvalue weighted by atomic mass is 9.98. The molecule has 1 aliphatic heterocycles. The van der Waals surface area contributed by atoms with Gasteiger partial charge >= 0.3 is 6.03 Å². The van der Waals surface area contributed by atoms with Gasteiger partial charge in [-0.3, -0.25) is 4.98 Å². The van der Waals surface area contributed by atoms with Crippen LogP contribution in [0.4, 0.5) is 4.79 Å². The minimum atomic E-state index is -0.0635. The van der Waals surface area contributed by atoms with Gasteiger partial charge in [0.1, 0.15) is 5.52 Å². The number of para-hydroxylation sites is 2. The van der Waals surface area contributed by atoms with Gasteiger partial charge in [0, 0.05) is 19.3 Å². The zero-order valence-electron chi connectivity index (χ0n) is 13.9. The molecule has 0 saturated carbocycles. The summed E-state index contributed by atoms with van der Waals surface area (Å²) in [4.78, 5) is 23.1. The van der Waals surface area contributed by atoms with Gasteiger partial charge in [-0.05, 0) is 37.1 Å². The SMILES string of the molecule is O=C(NCc1ccccn1)N1CCCC(c2nc3ccccc3o2)C1. The average Bonchev–Trinajstić information content (AvgIpc) is 3.11. The van der Waals surface area contributed by atoms with Gasteiger partial charge < -0.3 is 14.6 Å². The van der Waals surface area contributed by atoms with Crippen LogP contribution in [0.5, 0.6) is 0 Å². The van der Waals surface area contributed by atoms with Crippen molar-refractivity contribution in [2.24, 2.45) is 0 Å². The summed E-state index contributed by atoms with van der Waals surface area (Å²) in [6.45, 7) is 1.81. The van der Waals surface area contributed by atoms with Crippen molar-refractivity contribution in [3.8, 4) is 0 Å². The minimum Gasteiger partial charge on any atom is -0.440 e. The van der Waals surface area contributed by atoms with Crippen molar-refractivity contribution >= 4 is 17.1 Å². The maximum absolute atomic E-state index is 12.5. The quantitative estimate of drug-likeness (QED) is 0.796. The van der Waals surface area contributed by atoms with E-state index in [1.807, 2.05) is 47.4 Å². The van der Waals surface area contributed by atoms with Gasteiger partial charge in [0.15, 0.2) is 11.5 Å². The van der Waals surface area contributed by atoms with Gasteiger partial charge in [0.2, 0.25) is 0 Å². The van der Waals surface area contributed by atoms with Crippen LogP contribution in [0.2, 0.25) is 0 Å². The number of pyridine rings is 1. The Bertz CT molecular complexity index is 829. The van der Waals surface area contributed by atoms with Crippen molar-refractivity contribution in [3.63, 3.8) is 0 Å². The maximum Gasteiger partial charge on any atom is 0.317 e. The first-order valence-corrected chi connectivity index (χ1v) is 8.58. The van der Waals surface area contributed by atoms with E-state index >= 15 is 0 Å². The van der Waals surface area contributed by atoms with Crippen LogP contribution < -0.4 is 5.32 Å². The molecule has 0 radical (unpaired) electrons. The Hall–Kier alpha value is -2.89. The number of nitrogens with zero attached hydrogens (tertiary/aromatic N) is 3. The standard InChI is InChI=1S/C19H20N4O2/c24-19(21-12-15-7-3-4-10-20-15)23-11-5-6-14(13-23)18-22-16-8-1-2-9-17(16)25-18/h1-4,7-10,14H,5-6,11-13H2,(H,21,24). The first-order valence-electron chi connectivity index (χ1n) is 8.58. The van der Waals surface area contributed by atoms with E-state index in [0.29, 0.717) is 13.1 Å². The van der Waals surface area contributed by atoms with E-state index in [9.17, 15) is 4.79 Å². The molecule has 0 spiro atoms. The highest BCUT2D eigenvalue weighted by Gasteiger charge is 2.28. The summed E-state index contributed by atoms with van der Waals surface area (Å²) >= 11 is 0. The predicted molar refractivity (Wildman–Crippen MR) is 94.0 cm³/mol. The number of piperidine rings is 1. The number of aromatic nitrogens is 2. The Balaban J connectivity index is 1.41. The fourth-order valence-corrected chi connectivity index (χ4v) is 3.21. The lowest BCUT2D eigenvalue weighted by molar-refractivity contribution is 0.174. The Morgan fingerprint density at radius 3 is 2.96 bits per heavy atom. The molecule has 1 N–H and O–H groups in total. The average molecular weight is 336 g/mol. The third-order valence-electron chi connectivity index (χ3n) is 4.52. The largest absolute Gasteiger partial charge is 0.440 e. The van der Waals surface area contributed by atoms with Crippen LogP contribution in [-0.4, -0.2) is 34.0 Å². The molecule has 25 heavy (non-hydrogen) atoms. The molecule has 128 valence electrons. The third-order valence-corrected chi connectivity index (χ3v) is 4.52. The van der Waals surface area contributed by atoms with E-state index < -0.39 is 0 Å². The highest BCUT2D eigenvalue weighted by atomic mass is 16.3. The third kappa shape index (κ3) is 3.47. The van der Waals surface area contributed by atoms with Crippen LogP contribution in [0.25, 0.3) is 11.1 Å². The number of carbonyl (C=O) groups is 1. The summed E-state index contributed by atoms with van der Waals surface area (Å²) in [5.41, 5.74) is 2.52. The van der Waals surface area contributed by atoms with Crippen LogP contribution in [-0.2, 0) is 6.54 Å². The van der Waals surface area contributed by atoms with Gasteiger partial charge in [-0.2, -0.15) is 0 Å².